The van der Waals surface area contributed by atoms with E-state index < -0.39 is 0 Å². The molecule has 5 aromatic rings. The van der Waals surface area contributed by atoms with Crippen molar-refractivity contribution in [3.63, 3.8) is 0 Å². The second-order valence-electron chi connectivity index (χ2n) is 6.54. The highest BCUT2D eigenvalue weighted by atomic mass is 35.5. The third-order valence-corrected chi connectivity index (χ3v) is 4.77. The number of nitrogens with zero attached hydrogens (tertiary/aromatic N) is 7. The summed E-state index contributed by atoms with van der Waals surface area (Å²) in [7, 11) is 0. The summed E-state index contributed by atoms with van der Waals surface area (Å²) in [4.78, 5) is 13.3. The Bertz CT molecular complexity index is 1330. The van der Waals surface area contributed by atoms with Gasteiger partial charge in [0, 0.05) is 22.5 Å². The van der Waals surface area contributed by atoms with Crippen LogP contribution in [0.2, 0.25) is 5.02 Å². The van der Waals surface area contributed by atoms with Crippen molar-refractivity contribution in [3.8, 4) is 22.8 Å². The summed E-state index contributed by atoms with van der Waals surface area (Å²) in [5.41, 5.74) is 3.77. The molecule has 9 heteroatoms. The van der Waals surface area contributed by atoms with Crippen LogP contribution in [0.3, 0.4) is 0 Å². The Hall–Kier alpha value is -3.91. The second-order valence-corrected chi connectivity index (χ2v) is 6.98. The summed E-state index contributed by atoms with van der Waals surface area (Å²) >= 11 is 5.94. The van der Waals surface area contributed by atoms with Gasteiger partial charge in [0.1, 0.15) is 5.69 Å². The molecule has 0 unspecified atom stereocenters. The lowest BCUT2D eigenvalue weighted by molar-refractivity contribution is 0.852. The number of fused-ring (bicyclic) bond motifs is 1. The van der Waals surface area contributed by atoms with Gasteiger partial charge in [-0.15, -0.1) is 15.3 Å². The Labute approximate surface area is 176 Å². The van der Waals surface area contributed by atoms with E-state index in [4.69, 9.17) is 11.6 Å². The van der Waals surface area contributed by atoms with Gasteiger partial charge in [-0.25, -0.2) is 9.97 Å². The molecule has 1 N–H and O–H groups in total. The van der Waals surface area contributed by atoms with Crippen LogP contribution >= 0.6 is 11.6 Å². The number of aryl methyl sites for hydroxylation is 1. The fraction of sp³-hybridized carbons (Fsp3) is 0.0476. The maximum atomic E-state index is 5.94. The van der Waals surface area contributed by atoms with Crippen molar-refractivity contribution in [3.05, 3.63) is 77.6 Å². The fourth-order valence-electron chi connectivity index (χ4n) is 3.02. The quantitative estimate of drug-likeness (QED) is 0.467. The molecule has 0 aliphatic carbocycles. The van der Waals surface area contributed by atoms with Crippen LogP contribution < -0.4 is 5.32 Å². The molecule has 0 atom stereocenters. The average molecular weight is 415 g/mol. The first-order valence-electron chi connectivity index (χ1n) is 9.19. The Kier molecular flexibility index (Phi) is 4.53. The van der Waals surface area contributed by atoms with Crippen molar-refractivity contribution in [1.82, 2.24) is 34.8 Å². The van der Waals surface area contributed by atoms with Crippen LogP contribution in [0.1, 0.15) is 5.69 Å². The Morgan fingerprint density at radius 3 is 2.50 bits per heavy atom. The topological polar surface area (TPSA) is 93.8 Å². The number of hydrogen-bond acceptors (Lipinski definition) is 7. The number of rotatable bonds is 4. The normalized spacial score (nSPS) is 11.0. The minimum atomic E-state index is 0.434. The molecule has 0 spiro atoms. The molecule has 2 aromatic carbocycles. The summed E-state index contributed by atoms with van der Waals surface area (Å²) < 4.78 is 1.68. The minimum Gasteiger partial charge on any atom is -0.324 e. The van der Waals surface area contributed by atoms with Crippen molar-refractivity contribution in [2.75, 3.05) is 5.32 Å². The van der Waals surface area contributed by atoms with Crippen LogP contribution in [0.5, 0.6) is 0 Å². The first kappa shape index (κ1) is 18.1. The summed E-state index contributed by atoms with van der Waals surface area (Å²) in [6.45, 7) is 1.91. The van der Waals surface area contributed by atoms with E-state index in [2.05, 4.69) is 35.6 Å². The van der Waals surface area contributed by atoms with E-state index in [1.807, 2.05) is 49.4 Å². The van der Waals surface area contributed by atoms with E-state index in [-0.39, 0.29) is 0 Å². The molecule has 146 valence electrons. The summed E-state index contributed by atoms with van der Waals surface area (Å²) in [6, 6.07) is 18.8. The predicted octanol–water partition coefficient (Wildman–Crippen LogP) is 4.35. The molecule has 8 nitrogen and oxygen atoms in total. The third-order valence-electron chi connectivity index (χ3n) is 4.52. The number of aromatic nitrogens is 7. The lowest BCUT2D eigenvalue weighted by Gasteiger charge is -2.08. The summed E-state index contributed by atoms with van der Waals surface area (Å²) in [5, 5.41) is 17.0. The first-order valence-corrected chi connectivity index (χ1v) is 9.57. The molecule has 3 heterocycles. The van der Waals surface area contributed by atoms with E-state index in [0.29, 0.717) is 34.0 Å². The Morgan fingerprint density at radius 1 is 0.900 bits per heavy atom. The van der Waals surface area contributed by atoms with Crippen LogP contribution in [-0.2, 0) is 0 Å². The highest BCUT2D eigenvalue weighted by Crippen LogP contribution is 2.22. The Morgan fingerprint density at radius 2 is 1.70 bits per heavy atom. The van der Waals surface area contributed by atoms with E-state index in [1.54, 1.807) is 28.9 Å². The average Bonchev–Trinajstić information content (AvgIpc) is 3.22. The first-order chi connectivity index (χ1) is 14.7. The third kappa shape index (κ3) is 3.44. The zero-order valence-electron chi connectivity index (χ0n) is 15.9. The molecule has 0 bridgehead atoms. The molecule has 0 radical (unpaired) electrons. The molecule has 0 aliphatic rings. The molecule has 0 aliphatic heterocycles. The van der Waals surface area contributed by atoms with Crippen molar-refractivity contribution >= 4 is 29.0 Å². The smallest absolute Gasteiger partial charge is 0.272 e. The number of benzene rings is 2. The van der Waals surface area contributed by atoms with E-state index >= 15 is 0 Å². The fourth-order valence-corrected chi connectivity index (χ4v) is 3.15. The lowest BCUT2D eigenvalue weighted by Crippen LogP contribution is -2.05. The highest BCUT2D eigenvalue weighted by Gasteiger charge is 2.15. The Balaban J connectivity index is 1.51. The standard InChI is InChI=1S/C21H15ClN8/c1-13-18(17-11-12-23-20(25-17)24-16-9-7-15(22)8-10-16)27-28-21-26-19(29-30(13)21)14-5-3-2-4-6-14/h2-12H,1H3,(H,23,24,25). The summed E-state index contributed by atoms with van der Waals surface area (Å²) in [5.74, 6) is 1.47. The largest absolute Gasteiger partial charge is 0.324 e. The van der Waals surface area contributed by atoms with Gasteiger partial charge in [-0.3, -0.25) is 0 Å². The summed E-state index contributed by atoms with van der Waals surface area (Å²) in [6.07, 6.45) is 1.67. The van der Waals surface area contributed by atoms with E-state index in [9.17, 15) is 0 Å². The molecular formula is C21H15ClN8. The van der Waals surface area contributed by atoms with Gasteiger partial charge in [0.2, 0.25) is 5.95 Å². The van der Waals surface area contributed by atoms with Crippen molar-refractivity contribution < 1.29 is 0 Å². The van der Waals surface area contributed by atoms with E-state index in [1.165, 1.54) is 0 Å². The van der Waals surface area contributed by atoms with Crippen LogP contribution in [0.25, 0.3) is 28.6 Å². The SMILES string of the molecule is Cc1c(-c2ccnc(Nc3ccc(Cl)cc3)n2)nnc2nc(-c3ccccc3)nn12. The van der Waals surface area contributed by atoms with Gasteiger partial charge in [-0.2, -0.15) is 9.50 Å². The van der Waals surface area contributed by atoms with Gasteiger partial charge in [0.15, 0.2) is 5.82 Å². The number of hydrogen-bond donors (Lipinski definition) is 1. The second kappa shape index (κ2) is 7.49. The van der Waals surface area contributed by atoms with Gasteiger partial charge in [-0.1, -0.05) is 41.9 Å². The lowest BCUT2D eigenvalue weighted by atomic mass is 10.2. The van der Waals surface area contributed by atoms with Crippen molar-refractivity contribution in [2.45, 2.75) is 6.92 Å². The van der Waals surface area contributed by atoms with Gasteiger partial charge in [0.05, 0.1) is 11.4 Å². The maximum absolute atomic E-state index is 5.94. The molecule has 3 aromatic heterocycles. The van der Waals surface area contributed by atoms with Gasteiger partial charge >= 0.3 is 0 Å². The molecule has 0 fully saturated rings. The highest BCUT2D eigenvalue weighted by molar-refractivity contribution is 6.30. The van der Waals surface area contributed by atoms with Crippen LogP contribution in [0.4, 0.5) is 11.6 Å². The van der Waals surface area contributed by atoms with Crippen LogP contribution in [-0.4, -0.2) is 34.8 Å². The van der Waals surface area contributed by atoms with Gasteiger partial charge in [0.25, 0.3) is 5.78 Å². The molecular weight excluding hydrogens is 400 g/mol. The zero-order chi connectivity index (χ0) is 20.5. The molecule has 0 saturated carbocycles. The van der Waals surface area contributed by atoms with Crippen molar-refractivity contribution in [2.24, 2.45) is 0 Å². The van der Waals surface area contributed by atoms with Gasteiger partial charge in [-0.05, 0) is 37.3 Å². The maximum Gasteiger partial charge on any atom is 0.272 e. The molecule has 30 heavy (non-hydrogen) atoms. The molecule has 0 saturated heterocycles. The number of nitrogens with one attached hydrogen (secondary N) is 1. The molecule has 0 amide bonds. The zero-order valence-corrected chi connectivity index (χ0v) is 16.6. The predicted molar refractivity (Wildman–Crippen MR) is 115 cm³/mol. The monoisotopic (exact) mass is 414 g/mol. The number of halogens is 1. The molecule has 5 rings (SSSR count). The van der Waals surface area contributed by atoms with Crippen LogP contribution in [0.15, 0.2) is 66.9 Å². The number of anilines is 2. The van der Waals surface area contributed by atoms with Crippen LogP contribution in [0, 0.1) is 6.92 Å². The van der Waals surface area contributed by atoms with Gasteiger partial charge < -0.3 is 5.32 Å². The van der Waals surface area contributed by atoms with E-state index in [0.717, 1.165) is 16.9 Å². The van der Waals surface area contributed by atoms with Crippen molar-refractivity contribution in [1.29, 1.82) is 0 Å². The minimum absolute atomic E-state index is 0.434.